The third-order valence-corrected chi connectivity index (χ3v) is 2.49. The SMILES string of the molecule is NC(=O)COC(=O)[C@H](Cc1ccccc1)NC(=O)C(F)(F)F. The Hall–Kier alpha value is -2.58. The second-order valence-corrected chi connectivity index (χ2v) is 4.29. The lowest BCUT2D eigenvalue weighted by molar-refractivity contribution is -0.176. The highest BCUT2D eigenvalue weighted by Crippen LogP contribution is 2.15. The number of carbonyl (C=O) groups excluding carboxylic acids is 3. The minimum atomic E-state index is -5.14. The number of esters is 1. The molecule has 0 radical (unpaired) electrons. The molecular weight excluding hydrogens is 305 g/mol. The van der Waals surface area contributed by atoms with E-state index in [1.54, 1.807) is 30.3 Å². The summed E-state index contributed by atoms with van der Waals surface area (Å²) in [6, 6.07) is 6.45. The van der Waals surface area contributed by atoms with Crippen molar-refractivity contribution in [2.45, 2.75) is 18.6 Å². The number of alkyl halides is 3. The number of carbonyl (C=O) groups is 3. The Balaban J connectivity index is 2.82. The molecule has 2 amide bonds. The third kappa shape index (κ3) is 5.81. The summed E-state index contributed by atoms with van der Waals surface area (Å²) in [6.07, 6.45) is -5.36. The molecule has 0 aliphatic rings. The number of nitrogens with one attached hydrogen (secondary N) is 1. The molecule has 0 aromatic heterocycles. The minimum absolute atomic E-state index is 0.222. The Morgan fingerprint density at radius 2 is 1.77 bits per heavy atom. The molecule has 1 aromatic rings. The van der Waals surface area contributed by atoms with Gasteiger partial charge in [0.1, 0.15) is 6.04 Å². The lowest BCUT2D eigenvalue weighted by Crippen LogP contribution is -2.48. The van der Waals surface area contributed by atoms with Gasteiger partial charge in [-0.05, 0) is 5.56 Å². The highest BCUT2D eigenvalue weighted by molar-refractivity contribution is 5.88. The fourth-order valence-electron chi connectivity index (χ4n) is 1.53. The van der Waals surface area contributed by atoms with E-state index in [1.807, 2.05) is 0 Å². The molecule has 0 saturated heterocycles. The second kappa shape index (κ2) is 7.43. The van der Waals surface area contributed by atoms with E-state index in [-0.39, 0.29) is 6.42 Å². The predicted octanol–water partition coefficient (Wildman–Crippen LogP) is 0.305. The summed E-state index contributed by atoms with van der Waals surface area (Å²) in [5.41, 5.74) is 5.29. The van der Waals surface area contributed by atoms with Crippen molar-refractivity contribution < 1.29 is 32.3 Å². The van der Waals surface area contributed by atoms with Gasteiger partial charge in [-0.2, -0.15) is 13.2 Å². The fraction of sp³-hybridized carbons (Fsp3) is 0.308. The zero-order chi connectivity index (χ0) is 16.8. The van der Waals surface area contributed by atoms with E-state index in [2.05, 4.69) is 4.74 Å². The van der Waals surface area contributed by atoms with Crippen LogP contribution in [0.15, 0.2) is 30.3 Å². The van der Waals surface area contributed by atoms with Gasteiger partial charge in [0.15, 0.2) is 6.61 Å². The molecule has 0 heterocycles. The van der Waals surface area contributed by atoms with Crippen LogP contribution in [0.1, 0.15) is 5.56 Å². The molecule has 0 bridgehead atoms. The zero-order valence-corrected chi connectivity index (χ0v) is 11.2. The Bertz CT molecular complexity index is 546. The van der Waals surface area contributed by atoms with Crippen LogP contribution in [0.3, 0.4) is 0 Å². The molecule has 0 spiro atoms. The number of hydrogen-bond donors (Lipinski definition) is 2. The Morgan fingerprint density at radius 1 is 1.18 bits per heavy atom. The number of hydrogen-bond acceptors (Lipinski definition) is 4. The quantitative estimate of drug-likeness (QED) is 0.737. The van der Waals surface area contributed by atoms with Gasteiger partial charge in [-0.15, -0.1) is 0 Å². The average molecular weight is 318 g/mol. The summed E-state index contributed by atoms with van der Waals surface area (Å²) in [5, 5.41) is 1.54. The van der Waals surface area contributed by atoms with E-state index in [4.69, 9.17) is 5.73 Å². The predicted molar refractivity (Wildman–Crippen MR) is 68.3 cm³/mol. The van der Waals surface area contributed by atoms with E-state index in [9.17, 15) is 27.6 Å². The summed E-state index contributed by atoms with van der Waals surface area (Å²) in [7, 11) is 0. The van der Waals surface area contributed by atoms with E-state index < -0.39 is 36.6 Å². The lowest BCUT2D eigenvalue weighted by atomic mass is 10.1. The standard InChI is InChI=1S/C13H13F3N2O4/c14-13(15,16)12(21)18-9(11(20)22-7-10(17)19)6-8-4-2-1-3-5-8/h1-5,9H,6-7H2,(H2,17,19)(H,18,21)/t9-/m0/s1. The van der Waals surface area contributed by atoms with Crippen molar-refractivity contribution in [2.75, 3.05) is 6.61 Å². The van der Waals surface area contributed by atoms with Crippen molar-refractivity contribution >= 4 is 17.8 Å². The van der Waals surface area contributed by atoms with Crippen LogP contribution in [0.5, 0.6) is 0 Å². The van der Waals surface area contributed by atoms with Gasteiger partial charge in [0, 0.05) is 6.42 Å². The van der Waals surface area contributed by atoms with E-state index >= 15 is 0 Å². The molecule has 0 aliphatic carbocycles. The number of amides is 2. The van der Waals surface area contributed by atoms with Gasteiger partial charge in [-0.25, -0.2) is 4.79 Å². The van der Waals surface area contributed by atoms with Gasteiger partial charge >= 0.3 is 18.1 Å². The van der Waals surface area contributed by atoms with Gasteiger partial charge in [-0.3, -0.25) is 9.59 Å². The molecule has 0 saturated carbocycles. The normalized spacial score (nSPS) is 12.3. The summed E-state index contributed by atoms with van der Waals surface area (Å²) in [6.45, 7) is -0.786. The van der Waals surface area contributed by atoms with Gasteiger partial charge in [0.2, 0.25) is 0 Å². The molecule has 1 aromatic carbocycles. The summed E-state index contributed by atoms with van der Waals surface area (Å²) < 4.78 is 41.3. The third-order valence-electron chi connectivity index (χ3n) is 2.49. The Morgan fingerprint density at radius 3 is 2.27 bits per heavy atom. The van der Waals surface area contributed by atoms with Gasteiger partial charge in [0.05, 0.1) is 0 Å². The smallest absolute Gasteiger partial charge is 0.454 e. The number of primary amides is 1. The highest BCUT2D eigenvalue weighted by atomic mass is 19.4. The van der Waals surface area contributed by atoms with E-state index in [0.717, 1.165) is 0 Å². The Kier molecular flexibility index (Phi) is 5.90. The van der Waals surface area contributed by atoms with E-state index in [1.165, 1.54) is 5.32 Å². The molecule has 0 aliphatic heterocycles. The van der Waals surface area contributed by atoms with Crippen LogP contribution in [-0.4, -0.2) is 36.6 Å². The van der Waals surface area contributed by atoms with Crippen LogP contribution in [0.25, 0.3) is 0 Å². The van der Waals surface area contributed by atoms with Crippen LogP contribution >= 0.6 is 0 Å². The maximum atomic E-state index is 12.3. The molecule has 9 heteroatoms. The summed E-state index contributed by atoms with van der Waals surface area (Å²) >= 11 is 0. The summed E-state index contributed by atoms with van der Waals surface area (Å²) in [4.78, 5) is 33.2. The number of halogens is 3. The average Bonchev–Trinajstić information content (AvgIpc) is 2.44. The van der Waals surface area contributed by atoms with Gasteiger partial charge < -0.3 is 15.8 Å². The molecular formula is C13H13F3N2O4. The number of nitrogens with two attached hydrogens (primary N) is 1. The first-order valence-corrected chi connectivity index (χ1v) is 6.06. The topological polar surface area (TPSA) is 98.5 Å². The molecule has 6 nitrogen and oxygen atoms in total. The van der Waals surface area contributed by atoms with Crippen LogP contribution < -0.4 is 11.1 Å². The largest absolute Gasteiger partial charge is 0.471 e. The molecule has 0 unspecified atom stereocenters. The monoisotopic (exact) mass is 318 g/mol. The summed E-state index contributed by atoms with van der Waals surface area (Å²) in [5.74, 6) is -4.42. The number of benzene rings is 1. The van der Waals surface area contributed by atoms with Crippen LogP contribution in [0.4, 0.5) is 13.2 Å². The van der Waals surface area contributed by atoms with Crippen molar-refractivity contribution in [3.63, 3.8) is 0 Å². The number of rotatable bonds is 6. The van der Waals surface area contributed by atoms with Crippen LogP contribution in [0.2, 0.25) is 0 Å². The van der Waals surface area contributed by atoms with Crippen molar-refractivity contribution in [1.82, 2.24) is 5.32 Å². The molecule has 3 N–H and O–H groups in total. The molecule has 120 valence electrons. The van der Waals surface area contributed by atoms with Gasteiger partial charge in [0.25, 0.3) is 5.91 Å². The molecule has 1 rings (SSSR count). The lowest BCUT2D eigenvalue weighted by Gasteiger charge is -2.18. The molecule has 22 heavy (non-hydrogen) atoms. The second-order valence-electron chi connectivity index (χ2n) is 4.29. The first kappa shape index (κ1) is 17.5. The van der Waals surface area contributed by atoms with Crippen LogP contribution in [0, 0.1) is 0 Å². The maximum absolute atomic E-state index is 12.3. The minimum Gasteiger partial charge on any atom is -0.454 e. The van der Waals surface area contributed by atoms with Crippen molar-refractivity contribution in [3.8, 4) is 0 Å². The highest BCUT2D eigenvalue weighted by Gasteiger charge is 2.41. The van der Waals surface area contributed by atoms with Crippen LogP contribution in [-0.2, 0) is 25.5 Å². The first-order valence-electron chi connectivity index (χ1n) is 6.06. The molecule has 0 fully saturated rings. The van der Waals surface area contributed by atoms with Crippen molar-refractivity contribution in [2.24, 2.45) is 5.73 Å². The molecule has 1 atom stereocenters. The van der Waals surface area contributed by atoms with E-state index in [0.29, 0.717) is 5.56 Å². The zero-order valence-electron chi connectivity index (χ0n) is 11.2. The maximum Gasteiger partial charge on any atom is 0.471 e. The first-order chi connectivity index (χ1) is 10.2. The number of ether oxygens (including phenoxy) is 1. The Labute approximate surface area is 123 Å². The van der Waals surface area contributed by atoms with Crippen molar-refractivity contribution in [1.29, 1.82) is 0 Å². The van der Waals surface area contributed by atoms with Crippen molar-refractivity contribution in [3.05, 3.63) is 35.9 Å². The van der Waals surface area contributed by atoms with Gasteiger partial charge in [-0.1, -0.05) is 30.3 Å². The fourth-order valence-corrected chi connectivity index (χ4v) is 1.53.